The van der Waals surface area contributed by atoms with Crippen LogP contribution in [0.15, 0.2) is 18.3 Å². The van der Waals surface area contributed by atoms with Gasteiger partial charge in [0.2, 0.25) is 5.91 Å². The van der Waals surface area contributed by atoms with Crippen LogP contribution >= 0.6 is 24.8 Å². The highest BCUT2D eigenvalue weighted by molar-refractivity contribution is 5.85. The van der Waals surface area contributed by atoms with Gasteiger partial charge >= 0.3 is 0 Å². The fraction of sp³-hybridized carbons (Fsp3) is 0.250. The van der Waals surface area contributed by atoms with Crippen LogP contribution in [0.3, 0.4) is 0 Å². The lowest BCUT2D eigenvalue weighted by atomic mass is 10.3. The van der Waals surface area contributed by atoms with Crippen LogP contribution in [0.1, 0.15) is 5.69 Å². The van der Waals surface area contributed by atoms with Crippen LogP contribution in [0.25, 0.3) is 0 Å². The van der Waals surface area contributed by atoms with Crippen LogP contribution in [0.5, 0.6) is 0 Å². The summed E-state index contributed by atoms with van der Waals surface area (Å²) in [4.78, 5) is 14.5. The number of nitrogens with zero attached hydrogens (tertiary/aromatic N) is 1. The van der Waals surface area contributed by atoms with Gasteiger partial charge in [0.1, 0.15) is 5.82 Å². The number of pyridine rings is 1. The Morgan fingerprint density at radius 3 is 2.60 bits per heavy atom. The molecule has 0 aromatic carbocycles. The second-order valence-electron chi connectivity index (χ2n) is 2.45. The summed E-state index contributed by atoms with van der Waals surface area (Å²) in [5, 5.41) is 2.52. The molecular weight excluding hydrogens is 244 g/mol. The third kappa shape index (κ3) is 6.22. The number of nitrogens with two attached hydrogens (primary N) is 1. The molecule has 3 N–H and O–H groups in total. The summed E-state index contributed by atoms with van der Waals surface area (Å²) in [6.07, 6.45) is 1.10. The third-order valence-electron chi connectivity index (χ3n) is 1.44. The van der Waals surface area contributed by atoms with Gasteiger partial charge in [-0.25, -0.2) is 4.39 Å². The van der Waals surface area contributed by atoms with Crippen molar-refractivity contribution in [2.24, 2.45) is 5.73 Å². The fourth-order valence-electron chi connectivity index (χ4n) is 0.772. The summed E-state index contributed by atoms with van der Waals surface area (Å²) < 4.78 is 12.4. The first-order valence-electron chi connectivity index (χ1n) is 3.79. The molecule has 86 valence electrons. The monoisotopic (exact) mass is 255 g/mol. The molecule has 0 fully saturated rings. The molecule has 4 nitrogen and oxygen atoms in total. The van der Waals surface area contributed by atoms with E-state index in [1.165, 1.54) is 12.1 Å². The molecule has 0 aliphatic heterocycles. The quantitative estimate of drug-likeness (QED) is 0.833. The zero-order valence-electron chi connectivity index (χ0n) is 7.77. The van der Waals surface area contributed by atoms with Crippen molar-refractivity contribution in [1.29, 1.82) is 0 Å². The minimum absolute atomic E-state index is 0. The van der Waals surface area contributed by atoms with Crippen LogP contribution in [0.4, 0.5) is 4.39 Å². The first kappa shape index (κ1) is 16.5. The number of nitrogens with one attached hydrogen (secondary N) is 1. The maximum absolute atomic E-state index is 12.4. The molecule has 0 spiro atoms. The fourth-order valence-corrected chi connectivity index (χ4v) is 0.772. The van der Waals surface area contributed by atoms with E-state index >= 15 is 0 Å². The van der Waals surface area contributed by atoms with E-state index in [1.54, 1.807) is 0 Å². The second kappa shape index (κ2) is 8.40. The molecular formula is C8H12Cl2FN3O. The van der Waals surface area contributed by atoms with E-state index in [0.29, 0.717) is 5.69 Å². The SMILES string of the molecule is Cl.Cl.NCC(=O)NCc1ccc(F)cn1. The van der Waals surface area contributed by atoms with Crippen molar-refractivity contribution in [3.05, 3.63) is 29.8 Å². The minimum Gasteiger partial charge on any atom is -0.349 e. The Kier molecular flexibility index (Phi) is 9.25. The number of amides is 1. The molecule has 1 aromatic rings. The molecule has 0 saturated carbocycles. The van der Waals surface area contributed by atoms with Crippen molar-refractivity contribution >= 4 is 30.7 Å². The van der Waals surface area contributed by atoms with Crippen LogP contribution in [0, 0.1) is 5.82 Å². The molecule has 0 atom stereocenters. The van der Waals surface area contributed by atoms with Gasteiger partial charge in [-0.05, 0) is 12.1 Å². The minimum atomic E-state index is -0.395. The van der Waals surface area contributed by atoms with Gasteiger partial charge in [-0.2, -0.15) is 0 Å². The summed E-state index contributed by atoms with van der Waals surface area (Å²) in [5.41, 5.74) is 5.67. The molecule has 1 rings (SSSR count). The Morgan fingerprint density at radius 2 is 2.13 bits per heavy atom. The van der Waals surface area contributed by atoms with Gasteiger partial charge in [0.05, 0.1) is 25.0 Å². The number of rotatable bonds is 3. The Hall–Kier alpha value is -0.910. The maximum Gasteiger partial charge on any atom is 0.234 e. The molecule has 1 aromatic heterocycles. The highest BCUT2D eigenvalue weighted by Crippen LogP contribution is 1.96. The van der Waals surface area contributed by atoms with Gasteiger partial charge in [0, 0.05) is 0 Å². The van der Waals surface area contributed by atoms with Crippen molar-refractivity contribution in [2.75, 3.05) is 6.54 Å². The normalized spacial score (nSPS) is 8.40. The van der Waals surface area contributed by atoms with Gasteiger partial charge in [-0.1, -0.05) is 0 Å². The summed E-state index contributed by atoms with van der Waals surface area (Å²) in [7, 11) is 0. The predicted molar refractivity (Wildman–Crippen MR) is 59.6 cm³/mol. The van der Waals surface area contributed by atoms with Crippen LogP contribution in [0.2, 0.25) is 0 Å². The topological polar surface area (TPSA) is 68.0 Å². The molecule has 7 heteroatoms. The van der Waals surface area contributed by atoms with Gasteiger partial charge < -0.3 is 11.1 Å². The number of aromatic nitrogens is 1. The van der Waals surface area contributed by atoms with E-state index in [-0.39, 0.29) is 43.8 Å². The van der Waals surface area contributed by atoms with Gasteiger partial charge in [0.25, 0.3) is 0 Å². The largest absolute Gasteiger partial charge is 0.349 e. The van der Waals surface area contributed by atoms with Crippen molar-refractivity contribution in [3.8, 4) is 0 Å². The molecule has 0 aliphatic rings. The highest BCUT2D eigenvalue weighted by atomic mass is 35.5. The van der Waals surface area contributed by atoms with Crippen LogP contribution in [-0.2, 0) is 11.3 Å². The van der Waals surface area contributed by atoms with Gasteiger partial charge in [0.15, 0.2) is 0 Å². The lowest BCUT2D eigenvalue weighted by Crippen LogP contribution is -2.29. The highest BCUT2D eigenvalue weighted by Gasteiger charge is 1.98. The molecule has 1 amide bonds. The lowest BCUT2D eigenvalue weighted by Gasteiger charge is -2.01. The van der Waals surface area contributed by atoms with Crippen molar-refractivity contribution in [2.45, 2.75) is 6.54 Å². The third-order valence-corrected chi connectivity index (χ3v) is 1.44. The Morgan fingerprint density at radius 1 is 1.47 bits per heavy atom. The van der Waals surface area contributed by atoms with Gasteiger partial charge in [-0.15, -0.1) is 24.8 Å². The zero-order valence-corrected chi connectivity index (χ0v) is 9.41. The maximum atomic E-state index is 12.4. The molecule has 0 saturated heterocycles. The van der Waals surface area contributed by atoms with Gasteiger partial charge in [-0.3, -0.25) is 9.78 Å². The summed E-state index contributed by atoms with van der Waals surface area (Å²) in [6, 6.07) is 2.79. The number of halogens is 3. The lowest BCUT2D eigenvalue weighted by molar-refractivity contribution is -0.119. The molecule has 15 heavy (non-hydrogen) atoms. The second-order valence-corrected chi connectivity index (χ2v) is 2.45. The van der Waals surface area contributed by atoms with E-state index in [2.05, 4.69) is 10.3 Å². The molecule has 0 unspecified atom stereocenters. The molecule has 0 aliphatic carbocycles. The van der Waals surface area contributed by atoms with Crippen molar-refractivity contribution < 1.29 is 9.18 Å². The number of carbonyl (C=O) groups is 1. The number of hydrogen-bond acceptors (Lipinski definition) is 3. The Labute approximate surface area is 99.3 Å². The predicted octanol–water partition coefficient (Wildman–Crippen LogP) is 0.639. The summed E-state index contributed by atoms with van der Waals surface area (Å²) in [5.74, 6) is -0.653. The Balaban J connectivity index is 0. The van der Waals surface area contributed by atoms with E-state index < -0.39 is 5.82 Å². The molecule has 1 heterocycles. The van der Waals surface area contributed by atoms with Crippen LogP contribution < -0.4 is 11.1 Å². The molecule has 0 radical (unpaired) electrons. The average Bonchev–Trinajstić information content (AvgIpc) is 2.16. The van der Waals surface area contributed by atoms with E-state index in [9.17, 15) is 9.18 Å². The Bertz CT molecular complexity index is 294. The van der Waals surface area contributed by atoms with E-state index in [4.69, 9.17) is 5.73 Å². The van der Waals surface area contributed by atoms with E-state index in [1.807, 2.05) is 0 Å². The smallest absolute Gasteiger partial charge is 0.234 e. The number of hydrogen-bond donors (Lipinski definition) is 2. The van der Waals surface area contributed by atoms with E-state index in [0.717, 1.165) is 6.20 Å². The number of carbonyl (C=O) groups excluding carboxylic acids is 1. The summed E-state index contributed by atoms with van der Waals surface area (Å²) in [6.45, 7) is 0.220. The van der Waals surface area contributed by atoms with Crippen LogP contribution in [-0.4, -0.2) is 17.4 Å². The standard InChI is InChI=1S/C8H10FN3O.2ClH/c9-6-1-2-7(11-4-6)5-12-8(13)3-10;;/h1-2,4H,3,5,10H2,(H,12,13);2*1H. The van der Waals surface area contributed by atoms with Crippen molar-refractivity contribution in [1.82, 2.24) is 10.3 Å². The zero-order chi connectivity index (χ0) is 9.68. The summed E-state index contributed by atoms with van der Waals surface area (Å²) >= 11 is 0. The first-order valence-corrected chi connectivity index (χ1v) is 3.79. The average molecular weight is 256 g/mol. The van der Waals surface area contributed by atoms with Crippen molar-refractivity contribution in [3.63, 3.8) is 0 Å². The first-order chi connectivity index (χ1) is 6.22. The molecule has 0 bridgehead atoms.